The maximum Gasteiger partial charge on any atom is 0.271 e. The van der Waals surface area contributed by atoms with Gasteiger partial charge in [0.2, 0.25) is 0 Å². The molecule has 21 heavy (non-hydrogen) atoms. The van der Waals surface area contributed by atoms with E-state index >= 15 is 0 Å². The number of aromatic amines is 1. The van der Waals surface area contributed by atoms with Crippen molar-refractivity contribution in [1.29, 1.82) is 0 Å². The fourth-order valence-corrected chi connectivity index (χ4v) is 3.06. The minimum atomic E-state index is -0.0715. The molecule has 112 valence electrons. The number of aromatic nitrogens is 2. The second-order valence-corrected chi connectivity index (χ2v) is 5.83. The molecule has 1 aromatic carbocycles. The molecule has 3 rings (SSSR count). The van der Waals surface area contributed by atoms with Gasteiger partial charge in [-0.05, 0) is 56.9 Å². The number of piperidine rings is 1. The van der Waals surface area contributed by atoms with Gasteiger partial charge >= 0.3 is 0 Å². The molecule has 5 nitrogen and oxygen atoms in total. The number of benzene rings is 1. The fourth-order valence-electron chi connectivity index (χ4n) is 3.06. The third-order valence-corrected chi connectivity index (χ3v) is 4.33. The monoisotopic (exact) mass is 286 g/mol. The predicted molar refractivity (Wildman–Crippen MR) is 84.0 cm³/mol. The van der Waals surface area contributed by atoms with E-state index in [4.69, 9.17) is 5.73 Å². The quantitative estimate of drug-likeness (QED) is 0.893. The number of H-pyrrole nitrogens is 1. The van der Waals surface area contributed by atoms with Gasteiger partial charge in [0.15, 0.2) is 0 Å². The number of fused-ring (bicyclic) bond motifs is 1. The van der Waals surface area contributed by atoms with Crippen LogP contribution in [-0.2, 0) is 6.54 Å². The molecule has 1 saturated heterocycles. The zero-order chi connectivity index (χ0) is 14.7. The highest BCUT2D eigenvalue weighted by Crippen LogP contribution is 2.20. The first-order valence-electron chi connectivity index (χ1n) is 7.66. The average Bonchev–Trinajstić information content (AvgIpc) is 2.50. The molecule has 0 saturated carbocycles. The summed E-state index contributed by atoms with van der Waals surface area (Å²) >= 11 is 0. The van der Waals surface area contributed by atoms with E-state index in [0.29, 0.717) is 12.2 Å². The van der Waals surface area contributed by atoms with Crippen LogP contribution in [0, 0.1) is 5.92 Å². The fraction of sp³-hybridized carbons (Fsp3) is 0.500. The number of nitrogens with one attached hydrogen (secondary N) is 1. The molecule has 3 N–H and O–H groups in total. The molecule has 1 aliphatic heterocycles. The van der Waals surface area contributed by atoms with Gasteiger partial charge in [-0.2, -0.15) is 0 Å². The molecule has 0 aliphatic carbocycles. The van der Waals surface area contributed by atoms with E-state index in [1.54, 1.807) is 0 Å². The van der Waals surface area contributed by atoms with Crippen molar-refractivity contribution in [1.82, 2.24) is 14.9 Å². The first-order valence-corrected chi connectivity index (χ1v) is 7.66. The van der Waals surface area contributed by atoms with E-state index in [1.807, 2.05) is 24.3 Å². The summed E-state index contributed by atoms with van der Waals surface area (Å²) in [5, 5.41) is 0. The van der Waals surface area contributed by atoms with E-state index in [2.05, 4.69) is 14.9 Å². The lowest BCUT2D eigenvalue weighted by atomic mass is 9.93. The lowest BCUT2D eigenvalue weighted by Crippen LogP contribution is -2.35. The van der Waals surface area contributed by atoms with Crippen LogP contribution in [0.25, 0.3) is 11.0 Å². The van der Waals surface area contributed by atoms with Crippen LogP contribution < -0.4 is 11.3 Å². The number of para-hydroxylation sites is 2. The van der Waals surface area contributed by atoms with Crippen LogP contribution in [0.2, 0.25) is 0 Å². The minimum absolute atomic E-state index is 0.0715. The van der Waals surface area contributed by atoms with E-state index < -0.39 is 0 Å². The van der Waals surface area contributed by atoms with Gasteiger partial charge in [-0.15, -0.1) is 0 Å². The SMILES string of the molecule is NCCC1CCN(Cc2nc3ccccc3[nH]c2=O)CC1. The Morgan fingerprint density at radius 2 is 2.05 bits per heavy atom. The molecule has 1 fully saturated rings. The second-order valence-electron chi connectivity index (χ2n) is 5.83. The third kappa shape index (κ3) is 3.31. The number of hydrogen-bond donors (Lipinski definition) is 2. The number of hydrogen-bond acceptors (Lipinski definition) is 4. The van der Waals surface area contributed by atoms with Crippen molar-refractivity contribution >= 4 is 11.0 Å². The topological polar surface area (TPSA) is 75.0 Å². The van der Waals surface area contributed by atoms with Crippen LogP contribution in [0.4, 0.5) is 0 Å². The maximum absolute atomic E-state index is 12.1. The number of likely N-dealkylation sites (tertiary alicyclic amines) is 1. The molecule has 0 spiro atoms. The average molecular weight is 286 g/mol. The van der Waals surface area contributed by atoms with Crippen LogP contribution in [0.15, 0.2) is 29.1 Å². The van der Waals surface area contributed by atoms with Gasteiger partial charge in [0.05, 0.1) is 11.0 Å². The Bertz CT molecular complexity index is 659. The van der Waals surface area contributed by atoms with Gasteiger partial charge in [-0.3, -0.25) is 9.69 Å². The summed E-state index contributed by atoms with van der Waals surface area (Å²) in [6, 6.07) is 7.66. The van der Waals surface area contributed by atoms with Gasteiger partial charge in [0, 0.05) is 6.54 Å². The molecule has 0 radical (unpaired) electrons. The van der Waals surface area contributed by atoms with Gasteiger partial charge < -0.3 is 10.7 Å². The van der Waals surface area contributed by atoms with Crippen LogP contribution >= 0.6 is 0 Å². The minimum Gasteiger partial charge on any atom is -0.330 e. The highest BCUT2D eigenvalue weighted by molar-refractivity contribution is 5.73. The number of rotatable bonds is 4. The Morgan fingerprint density at radius 3 is 2.81 bits per heavy atom. The first kappa shape index (κ1) is 14.2. The Balaban J connectivity index is 1.71. The summed E-state index contributed by atoms with van der Waals surface area (Å²) in [6.07, 6.45) is 3.45. The molecule has 1 aromatic heterocycles. The molecular weight excluding hydrogens is 264 g/mol. The van der Waals surface area contributed by atoms with Crippen molar-refractivity contribution in [3.05, 3.63) is 40.3 Å². The van der Waals surface area contributed by atoms with Crippen molar-refractivity contribution < 1.29 is 0 Å². The van der Waals surface area contributed by atoms with Crippen LogP contribution in [0.5, 0.6) is 0 Å². The summed E-state index contributed by atoms with van der Waals surface area (Å²) in [5.74, 6) is 0.745. The van der Waals surface area contributed by atoms with Crippen molar-refractivity contribution in [2.45, 2.75) is 25.8 Å². The second kappa shape index (κ2) is 6.37. The van der Waals surface area contributed by atoms with E-state index in [0.717, 1.165) is 43.0 Å². The lowest BCUT2D eigenvalue weighted by molar-refractivity contribution is 0.171. The molecule has 0 unspecified atom stereocenters. The normalized spacial score (nSPS) is 17.4. The maximum atomic E-state index is 12.1. The van der Waals surface area contributed by atoms with Gasteiger partial charge in [0.1, 0.15) is 5.69 Å². The largest absolute Gasteiger partial charge is 0.330 e. The molecule has 2 heterocycles. The highest BCUT2D eigenvalue weighted by Gasteiger charge is 2.19. The van der Waals surface area contributed by atoms with Gasteiger partial charge in [0.25, 0.3) is 5.56 Å². The molecule has 2 aromatic rings. The smallest absolute Gasteiger partial charge is 0.271 e. The lowest BCUT2D eigenvalue weighted by Gasteiger charge is -2.31. The Labute approximate surface area is 124 Å². The summed E-state index contributed by atoms with van der Waals surface area (Å²) in [4.78, 5) is 21.9. The summed E-state index contributed by atoms with van der Waals surface area (Å²) in [7, 11) is 0. The molecular formula is C16H22N4O. The van der Waals surface area contributed by atoms with Gasteiger partial charge in [-0.25, -0.2) is 4.98 Å². The van der Waals surface area contributed by atoms with Crippen molar-refractivity contribution in [3.63, 3.8) is 0 Å². The van der Waals surface area contributed by atoms with Crippen molar-refractivity contribution in [2.75, 3.05) is 19.6 Å². The van der Waals surface area contributed by atoms with Gasteiger partial charge in [-0.1, -0.05) is 12.1 Å². The molecule has 1 aliphatic rings. The summed E-state index contributed by atoms with van der Waals surface area (Å²) < 4.78 is 0. The van der Waals surface area contributed by atoms with Crippen LogP contribution in [0.1, 0.15) is 25.0 Å². The number of nitrogens with zero attached hydrogens (tertiary/aromatic N) is 2. The summed E-state index contributed by atoms with van der Waals surface area (Å²) in [6.45, 7) is 3.46. The van der Waals surface area contributed by atoms with Crippen LogP contribution in [-0.4, -0.2) is 34.5 Å². The zero-order valence-electron chi connectivity index (χ0n) is 12.2. The highest BCUT2D eigenvalue weighted by atomic mass is 16.1. The zero-order valence-corrected chi connectivity index (χ0v) is 12.2. The van der Waals surface area contributed by atoms with E-state index in [9.17, 15) is 4.79 Å². The summed E-state index contributed by atoms with van der Waals surface area (Å²) in [5.41, 5.74) is 7.82. The first-order chi connectivity index (χ1) is 10.3. The third-order valence-electron chi connectivity index (χ3n) is 4.33. The van der Waals surface area contributed by atoms with E-state index in [-0.39, 0.29) is 5.56 Å². The molecule has 0 bridgehead atoms. The van der Waals surface area contributed by atoms with Crippen molar-refractivity contribution in [2.24, 2.45) is 11.7 Å². The van der Waals surface area contributed by atoms with Crippen LogP contribution in [0.3, 0.4) is 0 Å². The van der Waals surface area contributed by atoms with Crippen molar-refractivity contribution in [3.8, 4) is 0 Å². The Kier molecular flexibility index (Phi) is 4.31. The molecule has 5 heteroatoms. The predicted octanol–water partition coefficient (Wildman–Crippen LogP) is 1.48. The Hall–Kier alpha value is -1.72. The van der Waals surface area contributed by atoms with E-state index in [1.165, 1.54) is 12.8 Å². The number of nitrogens with two attached hydrogens (primary N) is 1. The Morgan fingerprint density at radius 1 is 1.29 bits per heavy atom. The molecule has 0 amide bonds. The molecule has 0 atom stereocenters. The standard InChI is InChI=1S/C16H22N4O/c17-8-5-12-6-9-20(10-7-12)11-15-16(21)19-14-4-2-1-3-13(14)18-15/h1-4,12H,5-11,17H2,(H,19,21).